The number of fused-ring (bicyclic) bond motifs is 1. The molecule has 2 heterocycles. The summed E-state index contributed by atoms with van der Waals surface area (Å²) in [5.41, 5.74) is 4.37. The zero-order valence-electron chi connectivity index (χ0n) is 24.4. The molecule has 0 unspecified atom stereocenters. The molecule has 3 aromatic rings. The summed E-state index contributed by atoms with van der Waals surface area (Å²) in [4.78, 5) is 29.2. The molecule has 0 atom stereocenters. The largest absolute Gasteiger partial charge is 0.444 e. The summed E-state index contributed by atoms with van der Waals surface area (Å²) in [6, 6.07) is 22.3. The molecule has 10 heteroatoms. The molecule has 9 nitrogen and oxygen atoms in total. The number of rotatable bonds is 6. The number of nitrogens with one attached hydrogen (secondary N) is 1. The van der Waals surface area contributed by atoms with E-state index in [-0.39, 0.29) is 37.0 Å². The minimum atomic E-state index is -3.74. The van der Waals surface area contributed by atoms with E-state index >= 15 is 0 Å². The Morgan fingerprint density at radius 2 is 1.48 bits per heavy atom. The van der Waals surface area contributed by atoms with Gasteiger partial charge in [-0.25, -0.2) is 13.2 Å². The van der Waals surface area contributed by atoms with Gasteiger partial charge in [-0.3, -0.25) is 9.69 Å². The molecule has 2 amide bonds. The number of piperazine rings is 1. The molecule has 222 valence electrons. The summed E-state index contributed by atoms with van der Waals surface area (Å²) in [6.45, 7) is 9.02. The van der Waals surface area contributed by atoms with Crippen LogP contribution in [0.1, 0.15) is 47.8 Å². The van der Waals surface area contributed by atoms with Crippen molar-refractivity contribution in [2.45, 2.75) is 50.8 Å². The number of anilines is 1. The average Bonchev–Trinajstić information content (AvgIpc) is 2.97. The van der Waals surface area contributed by atoms with Crippen molar-refractivity contribution in [1.29, 1.82) is 0 Å². The Kier molecular flexibility index (Phi) is 8.68. The SMILES string of the molecule is CC(C)(C)OC(=O)N1CCN(S(=O)(=O)c2ccc(NC(=O)c3ccc(CN4CCc5ccccc5C4)cc3)cc2)CC1. The van der Waals surface area contributed by atoms with Gasteiger partial charge in [0.25, 0.3) is 5.91 Å². The molecule has 0 bridgehead atoms. The van der Waals surface area contributed by atoms with Crippen molar-refractivity contribution in [1.82, 2.24) is 14.1 Å². The van der Waals surface area contributed by atoms with Gasteiger partial charge in [0.1, 0.15) is 5.60 Å². The average molecular weight is 591 g/mol. The quantitative estimate of drug-likeness (QED) is 0.446. The first-order valence-electron chi connectivity index (χ1n) is 14.3. The van der Waals surface area contributed by atoms with Crippen LogP contribution in [-0.2, 0) is 34.3 Å². The van der Waals surface area contributed by atoms with Crippen molar-refractivity contribution in [3.63, 3.8) is 0 Å². The van der Waals surface area contributed by atoms with Gasteiger partial charge in [-0.1, -0.05) is 36.4 Å². The third-order valence-electron chi connectivity index (χ3n) is 7.47. The van der Waals surface area contributed by atoms with Crippen LogP contribution in [0, 0.1) is 0 Å². The van der Waals surface area contributed by atoms with E-state index < -0.39 is 21.7 Å². The van der Waals surface area contributed by atoms with Gasteiger partial charge < -0.3 is 15.0 Å². The lowest BCUT2D eigenvalue weighted by atomic mass is 9.99. The fourth-order valence-electron chi connectivity index (χ4n) is 5.21. The molecule has 42 heavy (non-hydrogen) atoms. The van der Waals surface area contributed by atoms with E-state index in [0.29, 0.717) is 11.3 Å². The molecule has 0 aromatic heterocycles. The summed E-state index contributed by atoms with van der Waals surface area (Å²) in [7, 11) is -3.74. The second-order valence-corrected chi connectivity index (χ2v) is 13.7. The van der Waals surface area contributed by atoms with Crippen LogP contribution in [0.25, 0.3) is 0 Å². The van der Waals surface area contributed by atoms with Crippen LogP contribution in [0.5, 0.6) is 0 Å². The number of amides is 2. The van der Waals surface area contributed by atoms with Crippen molar-refractivity contribution in [2.24, 2.45) is 0 Å². The molecule has 0 aliphatic carbocycles. The summed E-state index contributed by atoms with van der Waals surface area (Å²) < 4.78 is 33.1. The number of carbonyl (C=O) groups excluding carboxylic acids is 2. The predicted molar refractivity (Wildman–Crippen MR) is 162 cm³/mol. The number of hydrogen-bond acceptors (Lipinski definition) is 6. The van der Waals surface area contributed by atoms with Gasteiger partial charge in [-0.15, -0.1) is 0 Å². The van der Waals surface area contributed by atoms with Crippen LogP contribution >= 0.6 is 0 Å². The van der Waals surface area contributed by atoms with Crippen molar-refractivity contribution in [2.75, 3.05) is 38.0 Å². The molecule has 1 N–H and O–H groups in total. The molecule has 0 saturated carbocycles. The normalized spacial score (nSPS) is 16.5. The highest BCUT2D eigenvalue weighted by Crippen LogP contribution is 2.23. The number of carbonyl (C=O) groups is 2. The maximum absolute atomic E-state index is 13.2. The van der Waals surface area contributed by atoms with Crippen LogP contribution in [0.4, 0.5) is 10.5 Å². The number of ether oxygens (including phenoxy) is 1. The van der Waals surface area contributed by atoms with Crippen molar-refractivity contribution in [3.05, 3.63) is 95.1 Å². The van der Waals surface area contributed by atoms with Gasteiger partial charge in [0.15, 0.2) is 0 Å². The van der Waals surface area contributed by atoms with Gasteiger partial charge in [-0.05, 0) is 80.3 Å². The first kappa shape index (κ1) is 29.8. The first-order valence-corrected chi connectivity index (χ1v) is 15.7. The van der Waals surface area contributed by atoms with Crippen LogP contribution < -0.4 is 5.32 Å². The molecule has 2 aliphatic rings. The Hall–Kier alpha value is -3.73. The molecule has 1 saturated heterocycles. The third-order valence-corrected chi connectivity index (χ3v) is 9.39. The molecular formula is C32H38N4O5S. The van der Waals surface area contributed by atoms with E-state index in [4.69, 9.17) is 4.74 Å². The standard InChI is InChI=1S/C32H38N4O5S/c1-32(2,3)41-31(38)35-18-20-36(21-19-35)42(39,40)29-14-12-28(13-15-29)33-30(37)26-10-8-24(9-11-26)22-34-17-16-25-6-4-5-7-27(25)23-34/h4-15H,16-23H2,1-3H3,(H,33,37). The van der Waals surface area contributed by atoms with Crippen LogP contribution in [0.15, 0.2) is 77.7 Å². The number of hydrogen-bond donors (Lipinski definition) is 1. The van der Waals surface area contributed by atoms with Gasteiger partial charge in [0, 0.05) is 57.1 Å². The lowest BCUT2D eigenvalue weighted by molar-refractivity contribution is 0.0192. The fourth-order valence-corrected chi connectivity index (χ4v) is 6.63. The highest BCUT2D eigenvalue weighted by molar-refractivity contribution is 7.89. The predicted octanol–water partition coefficient (Wildman–Crippen LogP) is 4.74. The summed E-state index contributed by atoms with van der Waals surface area (Å²) in [6.07, 6.45) is 0.601. The van der Waals surface area contributed by atoms with Crippen LogP contribution in [0.3, 0.4) is 0 Å². The lowest BCUT2D eigenvalue weighted by Gasteiger charge is -2.35. The number of sulfonamides is 1. The summed E-state index contributed by atoms with van der Waals surface area (Å²) in [5, 5.41) is 2.85. The summed E-state index contributed by atoms with van der Waals surface area (Å²) >= 11 is 0. The Morgan fingerprint density at radius 1 is 0.833 bits per heavy atom. The summed E-state index contributed by atoms with van der Waals surface area (Å²) in [5.74, 6) is -0.262. The Morgan fingerprint density at radius 3 is 2.12 bits per heavy atom. The van der Waals surface area contributed by atoms with E-state index in [0.717, 1.165) is 31.6 Å². The molecule has 0 radical (unpaired) electrons. The van der Waals surface area contributed by atoms with Crippen LogP contribution in [-0.4, -0.2) is 72.8 Å². The zero-order valence-corrected chi connectivity index (χ0v) is 25.2. The van der Waals surface area contributed by atoms with Crippen molar-refractivity contribution in [3.8, 4) is 0 Å². The van der Waals surface area contributed by atoms with E-state index in [1.54, 1.807) is 32.9 Å². The molecule has 5 rings (SSSR count). The van der Waals surface area contributed by atoms with Gasteiger partial charge >= 0.3 is 6.09 Å². The Bertz CT molecular complexity index is 1520. The second kappa shape index (κ2) is 12.2. The highest BCUT2D eigenvalue weighted by Gasteiger charge is 2.32. The second-order valence-electron chi connectivity index (χ2n) is 11.8. The van der Waals surface area contributed by atoms with E-state index in [1.807, 2.05) is 24.3 Å². The van der Waals surface area contributed by atoms with Gasteiger partial charge in [0.05, 0.1) is 4.90 Å². The lowest BCUT2D eigenvalue weighted by Crippen LogP contribution is -2.51. The Labute approximate surface area is 248 Å². The molecule has 3 aromatic carbocycles. The smallest absolute Gasteiger partial charge is 0.410 e. The fraction of sp³-hybridized carbons (Fsp3) is 0.375. The zero-order chi connectivity index (χ0) is 29.9. The monoisotopic (exact) mass is 590 g/mol. The van der Waals surface area contributed by atoms with E-state index in [1.165, 1.54) is 32.5 Å². The molecular weight excluding hydrogens is 552 g/mol. The highest BCUT2D eigenvalue weighted by atomic mass is 32.2. The minimum Gasteiger partial charge on any atom is -0.444 e. The number of benzene rings is 3. The Balaban J connectivity index is 1.13. The van der Waals surface area contributed by atoms with Crippen molar-refractivity contribution < 1.29 is 22.7 Å². The molecule has 0 spiro atoms. The molecule has 1 fully saturated rings. The third kappa shape index (κ3) is 7.18. The number of nitrogens with zero attached hydrogens (tertiary/aromatic N) is 3. The van der Waals surface area contributed by atoms with E-state index in [9.17, 15) is 18.0 Å². The first-order chi connectivity index (χ1) is 20.0. The maximum atomic E-state index is 13.2. The minimum absolute atomic E-state index is 0.135. The maximum Gasteiger partial charge on any atom is 0.410 e. The van der Waals surface area contributed by atoms with E-state index in [2.05, 4.69) is 34.5 Å². The molecule has 2 aliphatic heterocycles. The van der Waals surface area contributed by atoms with Gasteiger partial charge in [0.2, 0.25) is 10.0 Å². The van der Waals surface area contributed by atoms with Gasteiger partial charge in [-0.2, -0.15) is 4.31 Å². The van der Waals surface area contributed by atoms with Crippen molar-refractivity contribution >= 4 is 27.7 Å². The topological polar surface area (TPSA) is 99.3 Å². The van der Waals surface area contributed by atoms with Crippen LogP contribution in [0.2, 0.25) is 0 Å².